The summed E-state index contributed by atoms with van der Waals surface area (Å²) >= 11 is 34.8. The Morgan fingerprint density at radius 2 is 1.12 bits per heavy atom. The Hall–Kier alpha value is 5.10. The van der Waals surface area contributed by atoms with Crippen LogP contribution >= 0.6 is 113 Å². The molecule has 0 radical (unpaired) electrons. The molecule has 0 rings (SSSR count). The molecule has 15 heteroatoms. The van der Waals surface area contributed by atoms with Crippen LogP contribution in [-0.4, -0.2) is 6.26 Å². The molecule has 2 unspecified atom stereocenters. The predicted octanol–water partition coefficient (Wildman–Crippen LogP) is 7.50. The van der Waals surface area contributed by atoms with Crippen molar-refractivity contribution in [2.75, 3.05) is 6.26 Å². The van der Waals surface area contributed by atoms with Crippen molar-refractivity contribution in [3.05, 3.63) is 0 Å². The second-order valence-corrected chi connectivity index (χ2v) is 48.2. The summed E-state index contributed by atoms with van der Waals surface area (Å²) in [5, 5.41) is 0. The van der Waals surface area contributed by atoms with E-state index < -0.39 is 10.9 Å². The van der Waals surface area contributed by atoms with Crippen molar-refractivity contribution in [1.82, 2.24) is 0 Å². The Morgan fingerprint density at radius 1 is 0.750 bits per heavy atom. The Balaban J connectivity index is 4.22. The molecule has 16 heavy (non-hydrogen) atoms. The first-order valence-electron chi connectivity index (χ1n) is 3.00. The zero-order valence-corrected chi connectivity index (χ0v) is 20.2. The van der Waals surface area contributed by atoms with Crippen LogP contribution < -0.4 is 0 Å². The van der Waals surface area contributed by atoms with Crippen LogP contribution in [0.2, 0.25) is 0 Å². The van der Waals surface area contributed by atoms with Crippen LogP contribution in [0.4, 0.5) is 0 Å². The van der Waals surface area contributed by atoms with Crippen molar-refractivity contribution in [3.8, 4) is 0 Å². The lowest BCUT2D eigenvalue weighted by molar-refractivity contribution is 2.54. The van der Waals surface area contributed by atoms with Gasteiger partial charge in [-0.1, -0.05) is 35.4 Å². The van der Waals surface area contributed by atoms with Gasteiger partial charge in [-0.15, -0.1) is 60.4 Å². The second kappa shape index (κ2) is 9.29. The minimum Gasteiger partial charge on any atom is -0.121 e. The van der Waals surface area contributed by atoms with Crippen molar-refractivity contribution in [3.63, 3.8) is 0 Å². The number of hydrogen-bond acceptors (Lipinski definition) is 8. The van der Waals surface area contributed by atoms with Crippen molar-refractivity contribution < 1.29 is 0 Å². The largest absolute Gasteiger partial charge is 0.127 e. The fourth-order valence-corrected chi connectivity index (χ4v) is 46.7. The summed E-state index contributed by atoms with van der Waals surface area (Å²) in [6.07, 6.45) is 1.96. The molecule has 98 valence electrons. The number of thiol groups is 4. The van der Waals surface area contributed by atoms with E-state index in [4.69, 9.17) is 35.4 Å². The van der Waals surface area contributed by atoms with Crippen LogP contribution in [0.15, 0.2) is 0 Å². The third kappa shape index (κ3) is 12.8. The fraction of sp³-hybridized carbons (Fsp3) is 1.00. The van der Waals surface area contributed by atoms with Crippen LogP contribution in [0.1, 0.15) is 0 Å². The average Bonchev–Trinajstić information content (AvgIpc) is 2.12. The second-order valence-electron chi connectivity index (χ2n) is 1.91. The zero-order valence-electron chi connectivity index (χ0n) is 7.40. The molecular formula is CH7P3S12. The maximum absolute atomic E-state index is 5.42. The first-order valence-corrected chi connectivity index (χ1v) is 24.6. The van der Waals surface area contributed by atoms with Crippen LogP contribution in [0.25, 0.3) is 0 Å². The highest BCUT2D eigenvalue weighted by molar-refractivity contribution is 9.53. The Bertz CT molecular complexity index is 351. The third-order valence-electron chi connectivity index (χ3n) is 0.677. The lowest BCUT2D eigenvalue weighted by Gasteiger charge is -2.17. The van der Waals surface area contributed by atoms with E-state index in [1.165, 1.54) is 20.8 Å². The molecule has 0 saturated carbocycles. The minimum absolute atomic E-state index is 1.45. The molecule has 0 fully saturated rings. The molecule has 0 amide bonds. The van der Waals surface area contributed by atoms with Crippen molar-refractivity contribution in [2.24, 2.45) is 0 Å². The van der Waals surface area contributed by atoms with Gasteiger partial charge in [0.15, 0.2) is 0 Å². The zero-order chi connectivity index (χ0) is 13.0. The maximum Gasteiger partial charge on any atom is 0.127 e. The molecule has 0 N–H and O–H groups in total. The molecule has 0 spiro atoms. The van der Waals surface area contributed by atoms with E-state index in [1.54, 1.807) is 32.2 Å². The lowest BCUT2D eigenvalue weighted by Crippen LogP contribution is -1.51. The molecule has 0 aromatic heterocycles. The Labute approximate surface area is 152 Å². The Morgan fingerprint density at radius 3 is 1.50 bits per heavy atom. The summed E-state index contributed by atoms with van der Waals surface area (Å²) < 4.78 is -5.41. The standard InChI is InChI=1S/CH7P3S12/c1-12-3(8,9)14-16-4(10,11)15-13-2(5,6)7/h1H3,(H,8,9)(H,10,11)(H2,5,6,7). The molecule has 0 aromatic carbocycles. The van der Waals surface area contributed by atoms with Gasteiger partial charge in [0.05, 0.1) is 0 Å². The van der Waals surface area contributed by atoms with Crippen molar-refractivity contribution in [2.45, 2.75) is 0 Å². The molecule has 0 heterocycles. The predicted molar refractivity (Wildman–Crippen MR) is 123 cm³/mol. The molecule has 0 saturated heterocycles. The summed E-state index contributed by atoms with van der Waals surface area (Å²) in [5.41, 5.74) is 0. The van der Waals surface area contributed by atoms with E-state index in [2.05, 4.69) is 49.0 Å². The summed E-state index contributed by atoms with van der Waals surface area (Å²) in [6, 6.07) is 0. The van der Waals surface area contributed by atoms with Gasteiger partial charge in [-0.25, -0.2) is 0 Å². The molecule has 0 aliphatic rings. The highest BCUT2D eigenvalue weighted by atomic mass is 33.9. The van der Waals surface area contributed by atoms with Gasteiger partial charge in [-0.2, -0.15) is 0 Å². The molecular weight excluding hydrogens is 490 g/mol. The van der Waals surface area contributed by atoms with E-state index in [-0.39, 0.29) is 0 Å². The van der Waals surface area contributed by atoms with Gasteiger partial charge in [-0.05, 0) is 47.9 Å². The number of hydrogen-bond donors (Lipinski definition) is 4. The van der Waals surface area contributed by atoms with E-state index >= 15 is 0 Å². The maximum atomic E-state index is 5.42. The SMILES string of the molecule is CSP(=S)(S)SSP(=S)(S)SSP(=S)(S)S. The summed E-state index contributed by atoms with van der Waals surface area (Å²) in [7, 11) is 6.08. The van der Waals surface area contributed by atoms with Gasteiger partial charge in [-0.3, -0.25) is 0 Å². The topological polar surface area (TPSA) is 0 Å². The first-order chi connectivity index (χ1) is 6.97. The first kappa shape index (κ1) is 21.1. The van der Waals surface area contributed by atoms with Gasteiger partial charge in [0.1, 0.15) is 10.9 Å². The molecule has 2 atom stereocenters. The third-order valence-corrected chi connectivity index (χ3v) is 42.4. The van der Waals surface area contributed by atoms with Crippen LogP contribution in [0.5, 0.6) is 0 Å². The summed E-state index contributed by atoms with van der Waals surface area (Å²) in [5.74, 6) is 0. The van der Waals surface area contributed by atoms with Crippen LogP contribution in [0.3, 0.4) is 0 Å². The van der Waals surface area contributed by atoms with E-state index in [0.717, 1.165) is 0 Å². The quantitative estimate of drug-likeness (QED) is 0.160. The molecule has 0 aliphatic heterocycles. The normalized spacial score (nSPS) is 20.1. The van der Waals surface area contributed by atoms with E-state index in [0.29, 0.717) is 0 Å². The lowest BCUT2D eigenvalue weighted by atomic mass is 12.0. The fourth-order valence-electron chi connectivity index (χ4n) is 0.213. The summed E-state index contributed by atoms with van der Waals surface area (Å²) in [4.78, 5) is 0. The smallest absolute Gasteiger partial charge is 0.121 e. The minimum atomic E-state index is -1.88. The molecule has 0 aromatic rings. The van der Waals surface area contributed by atoms with Crippen LogP contribution in [0, 0.1) is 0 Å². The average molecular weight is 497 g/mol. The monoisotopic (exact) mass is 496 g/mol. The molecule has 0 aliphatic carbocycles. The van der Waals surface area contributed by atoms with Gasteiger partial charge in [0, 0.05) is 0 Å². The highest BCUT2D eigenvalue weighted by Gasteiger charge is 2.22. The number of rotatable bonds is 7. The summed E-state index contributed by atoms with van der Waals surface area (Å²) in [6.45, 7) is 0. The van der Waals surface area contributed by atoms with Gasteiger partial charge >= 0.3 is 0 Å². The van der Waals surface area contributed by atoms with Crippen molar-refractivity contribution >= 4 is 148 Å². The molecule has 0 bridgehead atoms. The highest BCUT2D eigenvalue weighted by Crippen LogP contribution is 2.91. The molecule has 0 nitrogen and oxygen atoms in total. The Kier molecular flexibility index (Phi) is 12.2. The van der Waals surface area contributed by atoms with Gasteiger partial charge in [0.2, 0.25) is 0 Å². The van der Waals surface area contributed by atoms with Crippen molar-refractivity contribution in [1.29, 1.82) is 0 Å². The van der Waals surface area contributed by atoms with Gasteiger partial charge in [0.25, 0.3) is 0 Å². The van der Waals surface area contributed by atoms with Crippen LogP contribution in [-0.2, 0) is 35.4 Å². The van der Waals surface area contributed by atoms with E-state index in [9.17, 15) is 0 Å². The van der Waals surface area contributed by atoms with Gasteiger partial charge < -0.3 is 0 Å². The van der Waals surface area contributed by atoms with E-state index in [1.807, 2.05) is 6.26 Å².